The van der Waals surface area contributed by atoms with Gasteiger partial charge in [-0.25, -0.2) is 0 Å². The van der Waals surface area contributed by atoms with Gasteiger partial charge in [-0.05, 0) is 25.5 Å². The molecule has 0 spiro atoms. The first-order valence-corrected chi connectivity index (χ1v) is 6.07. The van der Waals surface area contributed by atoms with Crippen molar-refractivity contribution in [3.05, 3.63) is 21.9 Å². The third-order valence-electron chi connectivity index (χ3n) is 2.25. The Morgan fingerprint density at radius 3 is 2.86 bits per heavy atom. The quantitative estimate of drug-likeness (QED) is 0.647. The molecule has 14 heavy (non-hydrogen) atoms. The van der Waals surface area contributed by atoms with E-state index in [4.69, 9.17) is 0 Å². The Hall–Kier alpha value is -0.740. The number of thiophene rings is 1. The standard InChI is InChI=1S/C13H18S/c1-4-6-8-11(3)13-10-9-12(14-13)7-5-2/h9-11H,5,7-8H2,1-3H3. The molecule has 1 aromatic heterocycles. The lowest BCUT2D eigenvalue weighted by Gasteiger charge is -2.02. The van der Waals surface area contributed by atoms with E-state index in [-0.39, 0.29) is 0 Å². The van der Waals surface area contributed by atoms with Crippen LogP contribution in [0.15, 0.2) is 12.1 Å². The molecule has 1 aromatic rings. The normalized spacial score (nSPS) is 11.9. The predicted octanol–water partition coefficient (Wildman–Crippen LogP) is 4.22. The van der Waals surface area contributed by atoms with Crippen molar-refractivity contribution in [3.63, 3.8) is 0 Å². The molecule has 0 aliphatic heterocycles. The van der Waals surface area contributed by atoms with Gasteiger partial charge in [-0.15, -0.1) is 23.2 Å². The van der Waals surface area contributed by atoms with Crippen molar-refractivity contribution >= 4 is 11.3 Å². The van der Waals surface area contributed by atoms with E-state index < -0.39 is 0 Å². The minimum Gasteiger partial charge on any atom is -0.145 e. The lowest BCUT2D eigenvalue weighted by molar-refractivity contribution is 0.814. The highest BCUT2D eigenvalue weighted by Crippen LogP contribution is 2.27. The van der Waals surface area contributed by atoms with Crippen molar-refractivity contribution in [2.24, 2.45) is 0 Å². The lowest BCUT2D eigenvalue weighted by atomic mass is 10.1. The maximum absolute atomic E-state index is 3.14. The van der Waals surface area contributed by atoms with Crippen molar-refractivity contribution in [2.75, 3.05) is 0 Å². The Morgan fingerprint density at radius 2 is 2.21 bits per heavy atom. The van der Waals surface area contributed by atoms with Gasteiger partial charge in [0.25, 0.3) is 0 Å². The molecule has 0 nitrogen and oxygen atoms in total. The van der Waals surface area contributed by atoms with Gasteiger partial charge in [0.05, 0.1) is 0 Å². The average Bonchev–Trinajstić information content (AvgIpc) is 2.63. The number of hydrogen-bond donors (Lipinski definition) is 0. The van der Waals surface area contributed by atoms with Crippen LogP contribution >= 0.6 is 11.3 Å². The van der Waals surface area contributed by atoms with E-state index in [1.54, 1.807) is 0 Å². The summed E-state index contributed by atoms with van der Waals surface area (Å²) in [6.45, 7) is 6.39. The van der Waals surface area contributed by atoms with Gasteiger partial charge in [-0.1, -0.05) is 20.3 Å². The Morgan fingerprint density at radius 1 is 1.43 bits per heavy atom. The number of hydrogen-bond acceptors (Lipinski definition) is 1. The molecule has 0 N–H and O–H groups in total. The summed E-state index contributed by atoms with van der Waals surface area (Å²) >= 11 is 1.95. The van der Waals surface area contributed by atoms with Crippen LogP contribution in [-0.4, -0.2) is 0 Å². The molecule has 0 fully saturated rings. The average molecular weight is 206 g/mol. The van der Waals surface area contributed by atoms with Crippen molar-refractivity contribution in [1.29, 1.82) is 0 Å². The van der Waals surface area contributed by atoms with Gasteiger partial charge in [0.1, 0.15) is 0 Å². The first kappa shape index (κ1) is 11.3. The van der Waals surface area contributed by atoms with Gasteiger partial charge in [0.2, 0.25) is 0 Å². The fourth-order valence-corrected chi connectivity index (χ4v) is 2.56. The molecule has 1 unspecified atom stereocenters. The molecule has 0 amide bonds. The van der Waals surface area contributed by atoms with Crippen LogP contribution in [0.3, 0.4) is 0 Å². The SMILES string of the molecule is CC#CCC(C)c1ccc(CCC)s1. The van der Waals surface area contributed by atoms with Crippen molar-refractivity contribution < 1.29 is 0 Å². The second kappa shape index (κ2) is 5.88. The van der Waals surface area contributed by atoms with E-state index in [2.05, 4.69) is 37.8 Å². The fourth-order valence-electron chi connectivity index (χ4n) is 1.40. The van der Waals surface area contributed by atoms with Crippen LogP contribution in [0.4, 0.5) is 0 Å². The van der Waals surface area contributed by atoms with Crippen LogP contribution in [0.2, 0.25) is 0 Å². The molecule has 1 heteroatoms. The predicted molar refractivity (Wildman–Crippen MR) is 64.8 cm³/mol. The third kappa shape index (κ3) is 3.20. The van der Waals surface area contributed by atoms with Crippen molar-refractivity contribution in [1.82, 2.24) is 0 Å². The van der Waals surface area contributed by atoms with E-state index in [9.17, 15) is 0 Å². The molecular weight excluding hydrogens is 188 g/mol. The van der Waals surface area contributed by atoms with Gasteiger partial charge in [0.15, 0.2) is 0 Å². The van der Waals surface area contributed by atoms with E-state index in [1.807, 2.05) is 18.3 Å². The highest BCUT2D eigenvalue weighted by molar-refractivity contribution is 7.12. The second-order valence-electron chi connectivity index (χ2n) is 3.59. The van der Waals surface area contributed by atoms with Crippen LogP contribution in [0, 0.1) is 11.8 Å². The van der Waals surface area contributed by atoms with E-state index in [0.29, 0.717) is 5.92 Å². The molecule has 0 aromatic carbocycles. The van der Waals surface area contributed by atoms with E-state index in [0.717, 1.165) is 6.42 Å². The first-order chi connectivity index (χ1) is 6.77. The molecule has 0 bridgehead atoms. The summed E-state index contributed by atoms with van der Waals surface area (Å²) in [5, 5.41) is 0. The van der Waals surface area contributed by atoms with Crippen LogP contribution in [0.25, 0.3) is 0 Å². The topological polar surface area (TPSA) is 0 Å². The molecule has 0 saturated heterocycles. The smallest absolute Gasteiger partial charge is 0.0163 e. The summed E-state index contributed by atoms with van der Waals surface area (Å²) in [6.07, 6.45) is 3.45. The number of rotatable bonds is 4. The zero-order chi connectivity index (χ0) is 10.4. The zero-order valence-corrected chi connectivity index (χ0v) is 10.1. The molecule has 76 valence electrons. The maximum atomic E-state index is 3.14. The summed E-state index contributed by atoms with van der Waals surface area (Å²) in [5.41, 5.74) is 0. The van der Waals surface area contributed by atoms with Crippen LogP contribution in [0.1, 0.15) is 49.3 Å². The molecular formula is C13H18S. The molecule has 1 rings (SSSR count). The maximum Gasteiger partial charge on any atom is 0.0163 e. The van der Waals surface area contributed by atoms with Gasteiger partial charge in [-0.2, -0.15) is 0 Å². The Balaban J connectivity index is 2.59. The van der Waals surface area contributed by atoms with E-state index in [1.165, 1.54) is 22.6 Å². The van der Waals surface area contributed by atoms with E-state index >= 15 is 0 Å². The largest absolute Gasteiger partial charge is 0.145 e. The van der Waals surface area contributed by atoms with Crippen molar-refractivity contribution in [3.8, 4) is 11.8 Å². The molecule has 0 radical (unpaired) electrons. The highest BCUT2D eigenvalue weighted by atomic mass is 32.1. The fraction of sp³-hybridized carbons (Fsp3) is 0.538. The van der Waals surface area contributed by atoms with Crippen LogP contribution in [-0.2, 0) is 6.42 Å². The summed E-state index contributed by atoms with van der Waals surface area (Å²) in [6, 6.07) is 4.52. The molecule has 0 aliphatic rings. The van der Waals surface area contributed by atoms with Gasteiger partial charge < -0.3 is 0 Å². The Bertz CT molecular complexity index is 324. The third-order valence-corrected chi connectivity index (χ3v) is 3.63. The summed E-state index contributed by atoms with van der Waals surface area (Å²) in [4.78, 5) is 3.00. The zero-order valence-electron chi connectivity index (χ0n) is 9.26. The monoisotopic (exact) mass is 206 g/mol. The van der Waals surface area contributed by atoms with Crippen LogP contribution in [0.5, 0.6) is 0 Å². The van der Waals surface area contributed by atoms with Crippen LogP contribution < -0.4 is 0 Å². The summed E-state index contributed by atoms with van der Waals surface area (Å²) in [7, 11) is 0. The second-order valence-corrected chi connectivity index (χ2v) is 4.79. The molecule has 0 aliphatic carbocycles. The molecule has 1 atom stereocenters. The molecule has 1 heterocycles. The minimum absolute atomic E-state index is 0.595. The van der Waals surface area contributed by atoms with Crippen molar-refractivity contribution in [2.45, 2.75) is 46.0 Å². The Kier molecular flexibility index (Phi) is 4.76. The summed E-state index contributed by atoms with van der Waals surface area (Å²) < 4.78 is 0. The minimum atomic E-state index is 0.595. The lowest BCUT2D eigenvalue weighted by Crippen LogP contribution is -1.86. The Labute approximate surface area is 91.4 Å². The van der Waals surface area contributed by atoms with Gasteiger partial charge in [0, 0.05) is 22.1 Å². The van der Waals surface area contributed by atoms with Gasteiger partial charge in [-0.3, -0.25) is 0 Å². The first-order valence-electron chi connectivity index (χ1n) is 5.26. The molecule has 0 saturated carbocycles. The van der Waals surface area contributed by atoms with Gasteiger partial charge >= 0.3 is 0 Å². The number of aryl methyl sites for hydroxylation is 1. The highest BCUT2D eigenvalue weighted by Gasteiger charge is 2.06. The summed E-state index contributed by atoms with van der Waals surface area (Å²) in [5.74, 6) is 6.69.